The fraction of sp³-hybridized carbons (Fsp3) is 0.250. The van der Waals surface area contributed by atoms with Crippen molar-refractivity contribution in [3.8, 4) is 5.75 Å². The number of fused-ring (bicyclic) bond motifs is 1. The number of imidazole rings is 1. The van der Waals surface area contributed by atoms with Crippen molar-refractivity contribution >= 4 is 58.1 Å². The van der Waals surface area contributed by atoms with E-state index in [1.807, 2.05) is 38.1 Å². The Bertz CT molecular complexity index is 980. The zero-order valence-corrected chi connectivity index (χ0v) is 18.2. The standard InChI is InChI=1S/C20H20Cl2N4O2S/c1-12(2)10-28-19-14(21)7-13(8-15(19)22)9-23-26-18(27)11-29-20-24-16-5-3-4-6-17(16)25-20/h3-9,12H,10-11H2,1-2H3,(H,24,25)(H,26,27)/b23-9-. The van der Waals surface area contributed by atoms with Gasteiger partial charge in [-0.3, -0.25) is 4.79 Å². The van der Waals surface area contributed by atoms with Gasteiger partial charge in [-0.15, -0.1) is 0 Å². The summed E-state index contributed by atoms with van der Waals surface area (Å²) in [7, 11) is 0. The average Bonchev–Trinajstić information content (AvgIpc) is 3.08. The van der Waals surface area contributed by atoms with Crippen molar-refractivity contribution in [3.05, 3.63) is 52.0 Å². The maximum absolute atomic E-state index is 12.0. The van der Waals surface area contributed by atoms with Crippen LogP contribution in [-0.2, 0) is 4.79 Å². The van der Waals surface area contributed by atoms with Gasteiger partial charge in [-0.2, -0.15) is 5.10 Å². The summed E-state index contributed by atoms with van der Waals surface area (Å²) in [6, 6.07) is 11.1. The normalized spacial score (nSPS) is 11.5. The second-order valence-corrected chi connectivity index (χ2v) is 8.44. The highest BCUT2D eigenvalue weighted by molar-refractivity contribution is 7.99. The summed E-state index contributed by atoms with van der Waals surface area (Å²) in [5.41, 5.74) is 4.93. The second-order valence-electron chi connectivity index (χ2n) is 6.66. The van der Waals surface area contributed by atoms with Crippen molar-refractivity contribution < 1.29 is 9.53 Å². The number of nitrogens with zero attached hydrogens (tertiary/aromatic N) is 2. The summed E-state index contributed by atoms with van der Waals surface area (Å²) >= 11 is 13.8. The summed E-state index contributed by atoms with van der Waals surface area (Å²) in [4.78, 5) is 19.6. The summed E-state index contributed by atoms with van der Waals surface area (Å²) in [6.45, 7) is 4.60. The minimum Gasteiger partial charge on any atom is -0.490 e. The zero-order chi connectivity index (χ0) is 20.8. The molecule has 3 aromatic rings. The van der Waals surface area contributed by atoms with E-state index in [2.05, 4.69) is 20.5 Å². The summed E-state index contributed by atoms with van der Waals surface area (Å²) in [6.07, 6.45) is 1.48. The van der Waals surface area contributed by atoms with Crippen LogP contribution in [0.5, 0.6) is 5.75 Å². The molecule has 9 heteroatoms. The third-order valence-corrected chi connectivity index (χ3v) is 5.13. The number of amides is 1. The lowest BCUT2D eigenvalue weighted by Crippen LogP contribution is -2.19. The first-order valence-corrected chi connectivity index (χ1v) is 10.7. The number of nitrogens with one attached hydrogen (secondary N) is 2. The predicted octanol–water partition coefficient (Wildman–Crippen LogP) is 5.15. The smallest absolute Gasteiger partial charge is 0.250 e. The molecular weight excluding hydrogens is 431 g/mol. The van der Waals surface area contributed by atoms with Crippen LogP contribution in [0.3, 0.4) is 0 Å². The number of aromatic nitrogens is 2. The largest absolute Gasteiger partial charge is 0.490 e. The third kappa shape index (κ3) is 6.13. The molecule has 0 saturated heterocycles. The number of carbonyl (C=O) groups is 1. The molecule has 1 amide bonds. The minimum atomic E-state index is -0.249. The van der Waals surface area contributed by atoms with Gasteiger partial charge in [-0.1, -0.05) is 60.9 Å². The predicted molar refractivity (Wildman–Crippen MR) is 119 cm³/mol. The molecule has 0 aliphatic rings. The molecule has 0 bridgehead atoms. The van der Waals surface area contributed by atoms with Gasteiger partial charge in [-0.05, 0) is 35.7 Å². The number of ether oxygens (including phenoxy) is 1. The SMILES string of the molecule is CC(C)COc1c(Cl)cc(/C=N\NC(=O)CSc2nc3ccccc3[nH]2)cc1Cl. The molecule has 2 aromatic carbocycles. The van der Waals surface area contributed by atoms with Gasteiger partial charge in [0.25, 0.3) is 5.91 Å². The zero-order valence-electron chi connectivity index (χ0n) is 15.9. The van der Waals surface area contributed by atoms with Crippen molar-refractivity contribution in [1.29, 1.82) is 0 Å². The van der Waals surface area contributed by atoms with Crippen LogP contribution in [0.1, 0.15) is 19.4 Å². The average molecular weight is 451 g/mol. The monoisotopic (exact) mass is 450 g/mol. The van der Waals surface area contributed by atoms with E-state index in [4.69, 9.17) is 27.9 Å². The van der Waals surface area contributed by atoms with Gasteiger partial charge >= 0.3 is 0 Å². The van der Waals surface area contributed by atoms with E-state index in [1.165, 1.54) is 18.0 Å². The minimum absolute atomic E-state index is 0.181. The fourth-order valence-electron chi connectivity index (χ4n) is 2.38. The number of benzene rings is 2. The van der Waals surface area contributed by atoms with Gasteiger partial charge in [0.15, 0.2) is 10.9 Å². The summed E-state index contributed by atoms with van der Waals surface area (Å²) < 4.78 is 5.63. The Morgan fingerprint density at radius 2 is 2.03 bits per heavy atom. The maximum atomic E-state index is 12.0. The molecule has 2 N–H and O–H groups in total. The Hall–Kier alpha value is -2.22. The lowest BCUT2D eigenvalue weighted by atomic mass is 10.2. The van der Waals surface area contributed by atoms with E-state index in [0.717, 1.165) is 11.0 Å². The van der Waals surface area contributed by atoms with Gasteiger partial charge in [0.2, 0.25) is 0 Å². The van der Waals surface area contributed by atoms with Crippen LogP contribution >= 0.6 is 35.0 Å². The number of H-pyrrole nitrogens is 1. The van der Waals surface area contributed by atoms with E-state index >= 15 is 0 Å². The van der Waals surface area contributed by atoms with Gasteiger partial charge in [0.1, 0.15) is 0 Å². The number of hydrogen-bond donors (Lipinski definition) is 2. The number of carbonyl (C=O) groups excluding carboxylic acids is 1. The van der Waals surface area contributed by atoms with Crippen LogP contribution in [0.4, 0.5) is 0 Å². The van der Waals surface area contributed by atoms with Gasteiger partial charge in [0.05, 0.1) is 39.7 Å². The van der Waals surface area contributed by atoms with E-state index < -0.39 is 0 Å². The van der Waals surface area contributed by atoms with Crippen LogP contribution in [-0.4, -0.2) is 34.4 Å². The fourth-order valence-corrected chi connectivity index (χ4v) is 3.68. The Morgan fingerprint density at radius 1 is 1.31 bits per heavy atom. The lowest BCUT2D eigenvalue weighted by molar-refractivity contribution is -0.118. The van der Waals surface area contributed by atoms with Crippen molar-refractivity contribution in [2.75, 3.05) is 12.4 Å². The molecule has 1 heterocycles. The van der Waals surface area contributed by atoms with Gasteiger partial charge < -0.3 is 9.72 Å². The van der Waals surface area contributed by atoms with Crippen molar-refractivity contribution in [1.82, 2.24) is 15.4 Å². The number of para-hydroxylation sites is 2. The number of hydrogen-bond acceptors (Lipinski definition) is 5. The number of hydrazone groups is 1. The first-order valence-electron chi connectivity index (χ1n) is 8.93. The van der Waals surface area contributed by atoms with Crippen LogP contribution in [0.15, 0.2) is 46.7 Å². The number of thioether (sulfide) groups is 1. The number of halogens is 2. The van der Waals surface area contributed by atoms with Crippen LogP contribution in [0, 0.1) is 5.92 Å². The van der Waals surface area contributed by atoms with Crippen LogP contribution in [0.25, 0.3) is 11.0 Å². The first kappa shape index (κ1) is 21.5. The Balaban J connectivity index is 1.52. The molecule has 152 valence electrons. The quantitative estimate of drug-likeness (QED) is 0.282. The highest BCUT2D eigenvalue weighted by atomic mass is 35.5. The van der Waals surface area contributed by atoms with Crippen molar-refractivity contribution in [2.45, 2.75) is 19.0 Å². The molecule has 0 aliphatic carbocycles. The lowest BCUT2D eigenvalue weighted by Gasteiger charge is -2.12. The molecular formula is C20H20Cl2N4O2S. The summed E-state index contributed by atoms with van der Waals surface area (Å²) in [5, 5.41) is 5.43. The van der Waals surface area contributed by atoms with Crippen LogP contribution < -0.4 is 10.2 Å². The van der Waals surface area contributed by atoms with E-state index in [0.29, 0.717) is 39.0 Å². The molecule has 0 spiro atoms. The van der Waals surface area contributed by atoms with Crippen molar-refractivity contribution in [3.63, 3.8) is 0 Å². The molecule has 0 saturated carbocycles. The maximum Gasteiger partial charge on any atom is 0.250 e. The van der Waals surface area contributed by atoms with E-state index in [-0.39, 0.29) is 11.7 Å². The molecule has 6 nitrogen and oxygen atoms in total. The first-order chi connectivity index (χ1) is 13.9. The molecule has 0 unspecified atom stereocenters. The Morgan fingerprint density at radius 3 is 2.72 bits per heavy atom. The van der Waals surface area contributed by atoms with Gasteiger partial charge in [-0.25, -0.2) is 10.4 Å². The number of aromatic amines is 1. The molecule has 0 atom stereocenters. The van der Waals surface area contributed by atoms with E-state index in [9.17, 15) is 4.79 Å². The van der Waals surface area contributed by atoms with Crippen LogP contribution in [0.2, 0.25) is 10.0 Å². The summed E-state index contributed by atoms with van der Waals surface area (Å²) in [5.74, 6) is 0.739. The molecule has 29 heavy (non-hydrogen) atoms. The van der Waals surface area contributed by atoms with Crippen molar-refractivity contribution in [2.24, 2.45) is 11.0 Å². The molecule has 0 aliphatic heterocycles. The molecule has 0 fully saturated rings. The number of rotatable bonds is 8. The Kier molecular flexibility index (Phi) is 7.41. The second kappa shape index (κ2) is 10.0. The Labute approximate surface area is 183 Å². The molecule has 3 rings (SSSR count). The van der Waals surface area contributed by atoms with E-state index in [1.54, 1.807) is 12.1 Å². The highest BCUT2D eigenvalue weighted by Crippen LogP contribution is 2.34. The molecule has 0 radical (unpaired) electrons. The topological polar surface area (TPSA) is 79.4 Å². The van der Waals surface area contributed by atoms with Gasteiger partial charge in [0, 0.05) is 0 Å². The third-order valence-electron chi connectivity index (χ3n) is 3.69. The molecule has 1 aromatic heterocycles. The highest BCUT2D eigenvalue weighted by Gasteiger charge is 2.10.